The zero-order valence-electron chi connectivity index (χ0n) is 16.7. The van der Waals surface area contributed by atoms with Gasteiger partial charge in [-0.2, -0.15) is 0 Å². The van der Waals surface area contributed by atoms with Crippen LogP contribution in [0.15, 0.2) is 11.6 Å². The average Bonchev–Trinajstić information content (AvgIpc) is 2.63. The summed E-state index contributed by atoms with van der Waals surface area (Å²) in [6.45, 7) is 5.52. The summed E-state index contributed by atoms with van der Waals surface area (Å²) >= 11 is 0. The molecule has 7 nitrogen and oxygen atoms in total. The van der Waals surface area contributed by atoms with E-state index in [9.17, 15) is 24.6 Å². The van der Waals surface area contributed by atoms with Crippen LogP contribution in [0.5, 0.6) is 0 Å². The van der Waals surface area contributed by atoms with Crippen molar-refractivity contribution < 1.29 is 34.1 Å². The number of ether oxygens (including phenoxy) is 2. The molecule has 0 spiro atoms. The van der Waals surface area contributed by atoms with Gasteiger partial charge in [0.25, 0.3) is 0 Å². The van der Waals surface area contributed by atoms with Crippen LogP contribution >= 0.6 is 0 Å². The lowest BCUT2D eigenvalue weighted by atomic mass is 9.38. The van der Waals surface area contributed by atoms with Crippen molar-refractivity contribution in [1.29, 1.82) is 0 Å². The highest BCUT2D eigenvalue weighted by molar-refractivity contribution is 5.98. The SMILES string of the molecule is COC[C@@]12[C@H]3CC4C(C)=CC(=O)[C@@H](O)[C@]4(C)[C@@H]1C(=O)[C@@H](O)[C@@H](C)[C@@H]2CC(=O)O3. The van der Waals surface area contributed by atoms with Crippen LogP contribution in [0.3, 0.4) is 0 Å². The number of ketones is 2. The molecule has 1 aliphatic heterocycles. The van der Waals surface area contributed by atoms with Gasteiger partial charge in [-0.25, -0.2) is 0 Å². The van der Waals surface area contributed by atoms with Crippen molar-refractivity contribution in [2.75, 3.05) is 13.7 Å². The number of hydrogen-bond acceptors (Lipinski definition) is 7. The topological polar surface area (TPSA) is 110 Å². The first-order valence-electron chi connectivity index (χ1n) is 9.91. The lowest BCUT2D eigenvalue weighted by Gasteiger charge is -2.67. The summed E-state index contributed by atoms with van der Waals surface area (Å²) in [6.07, 6.45) is -1.25. The molecule has 2 N–H and O–H groups in total. The molecule has 154 valence electrons. The maximum absolute atomic E-state index is 13.5. The molecule has 1 saturated heterocycles. The van der Waals surface area contributed by atoms with Crippen LogP contribution < -0.4 is 0 Å². The van der Waals surface area contributed by atoms with Crippen molar-refractivity contribution >= 4 is 17.5 Å². The Kier molecular flexibility index (Phi) is 4.38. The molecule has 1 heterocycles. The van der Waals surface area contributed by atoms with Crippen molar-refractivity contribution in [1.82, 2.24) is 0 Å². The molecular weight excluding hydrogens is 364 g/mol. The minimum absolute atomic E-state index is 0.0848. The summed E-state index contributed by atoms with van der Waals surface area (Å²) in [5, 5.41) is 21.7. The van der Waals surface area contributed by atoms with E-state index in [0.717, 1.165) is 5.57 Å². The summed E-state index contributed by atoms with van der Waals surface area (Å²) in [7, 11) is 1.53. The van der Waals surface area contributed by atoms with Gasteiger partial charge < -0.3 is 19.7 Å². The Bertz CT molecular complexity index is 773. The number of aliphatic hydroxyl groups is 2. The summed E-state index contributed by atoms with van der Waals surface area (Å²) in [6, 6.07) is 0. The number of methoxy groups -OCH3 is 1. The van der Waals surface area contributed by atoms with E-state index >= 15 is 0 Å². The second-order valence-electron chi connectivity index (χ2n) is 9.32. The van der Waals surface area contributed by atoms with Crippen molar-refractivity contribution in [3.63, 3.8) is 0 Å². The van der Waals surface area contributed by atoms with Crippen molar-refractivity contribution in [2.24, 2.45) is 34.5 Å². The van der Waals surface area contributed by atoms with Crippen molar-refractivity contribution in [3.8, 4) is 0 Å². The van der Waals surface area contributed by atoms with E-state index in [1.807, 2.05) is 6.92 Å². The predicted molar refractivity (Wildman–Crippen MR) is 96.9 cm³/mol. The molecule has 2 saturated carbocycles. The number of Topliss-reactive ketones (excluding diaryl/α,β-unsaturated/α-hetero) is 1. The molecule has 4 aliphatic rings. The Labute approximate surface area is 164 Å². The Morgan fingerprint density at radius 1 is 1.29 bits per heavy atom. The van der Waals surface area contributed by atoms with E-state index < -0.39 is 52.5 Å². The summed E-state index contributed by atoms with van der Waals surface area (Å²) < 4.78 is 11.3. The molecule has 0 aromatic rings. The first-order chi connectivity index (χ1) is 13.1. The normalized spacial score (nSPS) is 50.4. The molecule has 0 aromatic carbocycles. The molecule has 0 radical (unpaired) electrons. The largest absolute Gasteiger partial charge is 0.462 e. The van der Waals surface area contributed by atoms with Gasteiger partial charge in [0.2, 0.25) is 0 Å². The third-order valence-corrected chi connectivity index (χ3v) is 8.19. The van der Waals surface area contributed by atoms with Gasteiger partial charge in [-0.3, -0.25) is 14.4 Å². The molecule has 0 amide bonds. The van der Waals surface area contributed by atoms with Gasteiger partial charge in [-0.1, -0.05) is 19.4 Å². The average molecular weight is 392 g/mol. The molecule has 4 rings (SSSR count). The fraction of sp³-hybridized carbons (Fsp3) is 0.762. The zero-order valence-corrected chi connectivity index (χ0v) is 16.7. The van der Waals surface area contributed by atoms with Crippen LogP contribution in [0.1, 0.15) is 33.6 Å². The minimum atomic E-state index is -1.36. The van der Waals surface area contributed by atoms with Crippen LogP contribution in [0.2, 0.25) is 0 Å². The Morgan fingerprint density at radius 3 is 2.61 bits per heavy atom. The first-order valence-corrected chi connectivity index (χ1v) is 9.91. The number of rotatable bonds is 2. The molecule has 28 heavy (non-hydrogen) atoms. The molecule has 1 unspecified atom stereocenters. The van der Waals surface area contributed by atoms with E-state index in [1.165, 1.54) is 13.2 Å². The van der Waals surface area contributed by atoms with Gasteiger partial charge in [-0.05, 0) is 37.2 Å². The van der Waals surface area contributed by atoms with Crippen LogP contribution in [0, 0.1) is 34.5 Å². The summed E-state index contributed by atoms with van der Waals surface area (Å²) in [5.74, 6) is -3.09. The van der Waals surface area contributed by atoms with Gasteiger partial charge >= 0.3 is 5.97 Å². The maximum Gasteiger partial charge on any atom is 0.306 e. The van der Waals surface area contributed by atoms with Crippen LogP contribution in [-0.4, -0.2) is 59.8 Å². The van der Waals surface area contributed by atoms with E-state index in [1.54, 1.807) is 13.8 Å². The number of esters is 1. The van der Waals surface area contributed by atoms with Crippen LogP contribution in [0.4, 0.5) is 0 Å². The molecule has 0 bridgehead atoms. The third-order valence-electron chi connectivity index (χ3n) is 8.19. The molecule has 3 fully saturated rings. The highest BCUT2D eigenvalue weighted by Gasteiger charge is 2.74. The Balaban J connectivity index is 1.99. The van der Waals surface area contributed by atoms with Crippen LogP contribution in [0.25, 0.3) is 0 Å². The van der Waals surface area contributed by atoms with Crippen LogP contribution in [-0.2, 0) is 23.9 Å². The molecular formula is C21H28O7. The molecule has 9 atom stereocenters. The number of hydrogen-bond donors (Lipinski definition) is 2. The lowest BCUT2D eigenvalue weighted by Crippen LogP contribution is -2.75. The highest BCUT2D eigenvalue weighted by Crippen LogP contribution is 2.67. The lowest BCUT2D eigenvalue weighted by molar-refractivity contribution is -0.262. The number of aliphatic hydroxyl groups excluding tert-OH is 2. The Hall–Kier alpha value is -1.57. The number of carbonyl (C=O) groups excluding carboxylic acids is 3. The number of allylic oxidation sites excluding steroid dienone is 1. The summed E-state index contributed by atoms with van der Waals surface area (Å²) in [5.41, 5.74) is -1.20. The van der Waals surface area contributed by atoms with Gasteiger partial charge in [0.05, 0.1) is 6.61 Å². The predicted octanol–water partition coefficient (Wildman–Crippen LogP) is 0.663. The van der Waals surface area contributed by atoms with E-state index in [2.05, 4.69) is 0 Å². The van der Waals surface area contributed by atoms with Gasteiger partial charge in [0, 0.05) is 30.3 Å². The fourth-order valence-electron chi connectivity index (χ4n) is 7.01. The maximum atomic E-state index is 13.5. The monoisotopic (exact) mass is 392 g/mol. The van der Waals surface area contributed by atoms with E-state index in [4.69, 9.17) is 9.47 Å². The van der Waals surface area contributed by atoms with E-state index in [-0.39, 0.29) is 30.8 Å². The first kappa shape index (κ1) is 19.7. The van der Waals surface area contributed by atoms with Crippen molar-refractivity contribution in [2.45, 2.75) is 51.9 Å². The number of carbonyl (C=O) groups is 3. The quantitative estimate of drug-likeness (QED) is 0.665. The minimum Gasteiger partial charge on any atom is -0.462 e. The third kappa shape index (κ3) is 2.18. The summed E-state index contributed by atoms with van der Waals surface area (Å²) in [4.78, 5) is 38.4. The van der Waals surface area contributed by atoms with Crippen molar-refractivity contribution in [3.05, 3.63) is 11.6 Å². The van der Waals surface area contributed by atoms with Gasteiger partial charge in [-0.15, -0.1) is 0 Å². The fourth-order valence-corrected chi connectivity index (χ4v) is 7.01. The smallest absolute Gasteiger partial charge is 0.306 e. The molecule has 3 aliphatic carbocycles. The second kappa shape index (κ2) is 6.21. The number of fused-ring (bicyclic) bond motifs is 2. The standard InChI is InChI=1S/C21H28O7/c1-9-5-13(22)19(26)20(3)11(9)6-14-21(8-27-4)12(7-15(23)28-14)10(2)16(24)17(25)18(20)21/h5,10-12,14,16,18-19,24,26H,6-8H2,1-4H3/t10-,11?,12-,14+,16-,18-,19+,20-,21+/m0/s1. The highest BCUT2D eigenvalue weighted by atomic mass is 16.5. The second-order valence-corrected chi connectivity index (χ2v) is 9.32. The van der Waals surface area contributed by atoms with Gasteiger partial charge in [0.15, 0.2) is 11.6 Å². The molecule has 7 heteroatoms. The van der Waals surface area contributed by atoms with E-state index in [0.29, 0.717) is 6.42 Å². The molecule has 0 aromatic heterocycles. The van der Waals surface area contributed by atoms with Gasteiger partial charge in [0.1, 0.15) is 18.3 Å². The zero-order chi connectivity index (χ0) is 20.6. The Morgan fingerprint density at radius 2 is 1.96 bits per heavy atom.